The van der Waals surface area contributed by atoms with Crippen LogP contribution in [-0.2, 0) is 42.7 Å². The molecule has 27 heteroatoms. The number of benzene rings is 4. The molecule has 0 spiro atoms. The van der Waals surface area contributed by atoms with Crippen molar-refractivity contribution in [1.82, 2.24) is 18.6 Å². The average Bonchev–Trinajstić information content (AvgIpc) is 3.03. The van der Waals surface area contributed by atoms with E-state index in [9.17, 15) is 79.1 Å². The molecule has 2 aliphatic heterocycles. The molecule has 4 aliphatic rings. The van der Waals surface area contributed by atoms with Gasteiger partial charge in [-0.15, -0.1) is 0 Å². The van der Waals surface area contributed by atoms with Gasteiger partial charge in [-0.25, -0.2) is 69.5 Å². The van der Waals surface area contributed by atoms with Gasteiger partial charge in [0.05, 0.1) is 24.5 Å². The highest BCUT2D eigenvalue weighted by molar-refractivity contribution is 7.89. The van der Waals surface area contributed by atoms with Gasteiger partial charge in [-0.3, -0.25) is 19.6 Å². The predicted octanol–water partition coefficient (Wildman–Crippen LogP) is 12.8. The monoisotopic (exact) mass is 1230 g/mol. The first kappa shape index (κ1) is 62.4. The number of aromatic nitrogens is 2. The van der Waals surface area contributed by atoms with E-state index in [4.69, 9.17) is 11.6 Å². The summed E-state index contributed by atoms with van der Waals surface area (Å²) in [7, 11) is -10.4. The van der Waals surface area contributed by atoms with Gasteiger partial charge in [0.25, 0.3) is 0 Å². The van der Waals surface area contributed by atoms with Crippen LogP contribution in [0.3, 0.4) is 0 Å². The summed E-state index contributed by atoms with van der Waals surface area (Å²) in [5.74, 6) is -25.3. The van der Waals surface area contributed by atoms with E-state index in [1.54, 1.807) is 18.3 Å². The fourth-order valence-electron chi connectivity index (χ4n) is 10.1. The van der Waals surface area contributed by atoms with Crippen LogP contribution in [0.5, 0.6) is 0 Å². The van der Waals surface area contributed by atoms with Gasteiger partial charge in [-0.05, 0) is 122 Å². The molecule has 2 saturated carbocycles. The van der Waals surface area contributed by atoms with E-state index in [0.717, 1.165) is 59.7 Å². The number of nitrogens with zero attached hydrogens (tertiary/aromatic N) is 5. The summed E-state index contributed by atoms with van der Waals surface area (Å²) >= 11 is 5.09. The van der Waals surface area contributed by atoms with Crippen molar-refractivity contribution in [2.75, 3.05) is 23.3 Å². The van der Waals surface area contributed by atoms with E-state index in [2.05, 4.69) is 27.4 Å². The van der Waals surface area contributed by atoms with Gasteiger partial charge < -0.3 is 10.2 Å². The lowest BCUT2D eigenvalue weighted by Gasteiger charge is -2.41. The summed E-state index contributed by atoms with van der Waals surface area (Å²) in [6.07, 6.45) is 15.8. The molecule has 2 aliphatic carbocycles. The highest BCUT2D eigenvalue weighted by Crippen LogP contribution is 2.38. The third-order valence-electron chi connectivity index (χ3n) is 14.8. The average molecular weight is 1230 g/mol. The number of rotatable bonds is 14. The molecule has 83 heavy (non-hydrogen) atoms. The van der Waals surface area contributed by atoms with E-state index in [1.165, 1.54) is 68.4 Å². The van der Waals surface area contributed by atoms with E-state index >= 15 is 0 Å². The minimum atomic E-state index is -5.33. The first-order valence-electron chi connectivity index (χ1n) is 26.1. The van der Waals surface area contributed by atoms with Gasteiger partial charge >= 0.3 is 0 Å². The Morgan fingerprint density at radius 1 is 0.518 bits per heavy atom. The molecule has 2 aromatic heterocycles. The van der Waals surface area contributed by atoms with Crippen molar-refractivity contribution in [3.8, 4) is 0 Å². The lowest BCUT2D eigenvalue weighted by atomic mass is 9.85. The van der Waals surface area contributed by atoms with Crippen molar-refractivity contribution in [3.63, 3.8) is 0 Å². The Balaban J connectivity index is 0.000000180. The van der Waals surface area contributed by atoms with Crippen molar-refractivity contribution in [3.05, 3.63) is 178 Å². The second kappa shape index (κ2) is 26.5. The van der Waals surface area contributed by atoms with E-state index in [1.807, 2.05) is 18.3 Å². The lowest BCUT2D eigenvalue weighted by Crippen LogP contribution is -2.59. The third-order valence-corrected chi connectivity index (χ3v) is 18.9. The van der Waals surface area contributed by atoms with Gasteiger partial charge in [-0.1, -0.05) is 62.8 Å². The number of hydrogen-bond donors (Lipinski definition) is 1. The number of hydrogen-bond acceptors (Lipinski definition) is 9. The fourth-order valence-corrected chi connectivity index (χ4v) is 13.9. The number of anilines is 2. The highest BCUT2D eigenvalue weighted by atomic mass is 35.5. The number of pyridine rings is 2. The first-order valence-corrected chi connectivity index (χ1v) is 29.4. The van der Waals surface area contributed by atoms with Crippen LogP contribution in [0, 0.1) is 69.8 Å². The summed E-state index contributed by atoms with van der Waals surface area (Å²) < 4.78 is 214. The number of amides is 1. The van der Waals surface area contributed by atoms with Gasteiger partial charge in [-0.2, -0.15) is 8.61 Å². The molecule has 2 atom stereocenters. The van der Waals surface area contributed by atoms with Gasteiger partial charge in [0.2, 0.25) is 42.8 Å². The Labute approximate surface area is 474 Å². The van der Waals surface area contributed by atoms with Gasteiger partial charge in [0, 0.05) is 36.9 Å². The van der Waals surface area contributed by atoms with Crippen LogP contribution in [0.1, 0.15) is 111 Å². The largest absolute Gasteiger partial charge is 0.379 e. The minimum Gasteiger partial charge on any atom is -0.379 e. The van der Waals surface area contributed by atoms with E-state index < -0.39 is 124 Å². The molecule has 12 nitrogen and oxygen atoms in total. The number of nitrogens with one attached hydrogen (secondary N) is 1. The summed E-state index contributed by atoms with van der Waals surface area (Å²) in [6, 6.07) is 16.4. The second-order valence-corrected chi connectivity index (χ2v) is 24.1. The number of carbonyl (C=O) groups excluding carboxylic acids is 2. The molecule has 10 rings (SSSR count). The zero-order chi connectivity index (χ0) is 60.1. The number of sulfonamides is 2. The molecule has 6 aromatic rings. The molecule has 0 unspecified atom stereocenters. The summed E-state index contributed by atoms with van der Waals surface area (Å²) in [5.41, 5.74) is 4.66. The minimum absolute atomic E-state index is 0.0169. The Morgan fingerprint density at radius 2 is 0.940 bits per heavy atom. The van der Waals surface area contributed by atoms with Gasteiger partial charge in [0.15, 0.2) is 56.3 Å². The van der Waals surface area contributed by atoms with Crippen LogP contribution in [0.2, 0.25) is 0 Å². The number of halogens is 13. The van der Waals surface area contributed by atoms with E-state index in [-0.39, 0.29) is 41.7 Å². The topological polar surface area (TPSA) is 150 Å². The summed E-state index contributed by atoms with van der Waals surface area (Å²) in [6.45, 7) is -0.316. The van der Waals surface area contributed by atoms with Crippen molar-refractivity contribution in [1.29, 1.82) is 0 Å². The molecule has 444 valence electrons. The smallest absolute Gasteiger partial charge is 0.249 e. The molecular formula is C56H51ClF12N6O6S2. The second-order valence-electron chi connectivity index (χ2n) is 20.0. The Morgan fingerprint density at radius 3 is 1.34 bits per heavy atom. The predicted molar refractivity (Wildman–Crippen MR) is 279 cm³/mol. The maximum absolute atomic E-state index is 14.4. The summed E-state index contributed by atoms with van der Waals surface area (Å²) in [5, 5.41) is 2.08. The van der Waals surface area contributed by atoms with Crippen molar-refractivity contribution < 1.29 is 79.1 Å². The quantitative estimate of drug-likeness (QED) is 0.0487. The molecule has 0 radical (unpaired) electrons. The molecule has 4 heterocycles. The maximum Gasteiger partial charge on any atom is 0.249 e. The standard InChI is InChI=1S/C28H25F6N3O3S.C18H21FN2.C10H5ClF5NO3S/c29-18-7-4-8-20(13-18)36(15-19-10-9-17(14-35-19)16-5-2-1-3-6-16)28(38)21-11-12-37(21)41(39,40)27-25(33)23(31)22(30)24(32)26(27)34;19-16-7-4-8-17(11-16)21-13-18-10-9-15(12-20-18)14-5-2-1-3-6-14;11-10(18)3-1-2-17(3)21(19,20)9-7(15)5(13)4(12)6(14)8(9)16/h4,7-10,13-14,16,21H,1-3,5-6,11-12,15H2;4,7-12,14,21H,1-3,5-6,13H2;3H,1-2H2/t21-;;3-/m1.1/s1. The zero-order valence-corrected chi connectivity index (χ0v) is 46.0. The van der Waals surface area contributed by atoms with Crippen molar-refractivity contribution in [2.24, 2.45) is 0 Å². The lowest BCUT2D eigenvalue weighted by molar-refractivity contribution is -0.125. The molecule has 0 bridgehead atoms. The van der Waals surface area contributed by atoms with Crippen LogP contribution < -0.4 is 10.2 Å². The fraction of sp³-hybridized carbons (Fsp3) is 0.357. The Hall–Kier alpha value is -6.61. The summed E-state index contributed by atoms with van der Waals surface area (Å²) in [4.78, 5) is 30.6. The molecule has 4 aromatic carbocycles. The van der Waals surface area contributed by atoms with Crippen molar-refractivity contribution >= 4 is 54.2 Å². The Kier molecular flexibility index (Phi) is 20.0. The van der Waals surface area contributed by atoms with Crippen LogP contribution in [-0.4, -0.2) is 71.7 Å². The molecule has 4 fully saturated rings. The molecule has 1 N–H and O–H groups in total. The molecule has 1 amide bonds. The van der Waals surface area contributed by atoms with Crippen molar-refractivity contribution in [2.45, 2.75) is 124 Å². The maximum atomic E-state index is 14.4. The number of carbonyl (C=O) groups is 2. The third kappa shape index (κ3) is 13.7. The van der Waals surface area contributed by atoms with E-state index in [0.29, 0.717) is 28.4 Å². The molecule has 2 saturated heterocycles. The van der Waals surface area contributed by atoms with Gasteiger partial charge in [0.1, 0.15) is 23.7 Å². The van der Waals surface area contributed by atoms with Crippen LogP contribution in [0.4, 0.5) is 64.1 Å². The molecular weight excluding hydrogens is 1180 g/mol. The van der Waals surface area contributed by atoms with Crippen LogP contribution in [0.15, 0.2) is 95.0 Å². The van der Waals surface area contributed by atoms with Crippen LogP contribution in [0.25, 0.3) is 0 Å². The Bertz CT molecular complexity index is 3540. The SMILES string of the molecule is Fc1cccc(NCc2ccc(C3CCCCC3)cn2)c1.O=C(Cl)[C@H]1CCN1S(=O)(=O)c1c(F)c(F)c(F)c(F)c1F.O=C([C@H]1CCN1S(=O)(=O)c1c(F)c(F)c(F)c(F)c1F)N(Cc1ccc(C2CCCCC2)cn1)c1cccc(F)c1. The zero-order valence-electron chi connectivity index (χ0n) is 43.6. The van der Waals surface area contributed by atoms with Crippen LogP contribution >= 0.6 is 11.6 Å². The highest BCUT2D eigenvalue weighted by Gasteiger charge is 2.49. The first-order chi connectivity index (χ1) is 39.4. The normalized spacial score (nSPS) is 17.9.